The maximum absolute atomic E-state index is 12.3. The molecule has 1 aliphatic rings. The highest BCUT2D eigenvalue weighted by molar-refractivity contribution is 5.98. The highest BCUT2D eigenvalue weighted by atomic mass is 16.5. The van der Waals surface area contributed by atoms with Crippen molar-refractivity contribution in [2.24, 2.45) is 0 Å². The second-order valence-electron chi connectivity index (χ2n) is 5.36. The summed E-state index contributed by atoms with van der Waals surface area (Å²) in [5.74, 6) is -0.711. The Morgan fingerprint density at radius 3 is 1.92 bits per heavy atom. The van der Waals surface area contributed by atoms with Gasteiger partial charge >= 0.3 is 11.9 Å². The van der Waals surface area contributed by atoms with Crippen LogP contribution in [0.25, 0.3) is 0 Å². The Hall–Kier alpha value is -2.96. The van der Waals surface area contributed by atoms with E-state index < -0.39 is 17.9 Å². The molecule has 7 heteroatoms. The third-order valence-corrected chi connectivity index (χ3v) is 3.90. The molecule has 0 saturated heterocycles. The molecule has 0 radical (unpaired) electrons. The monoisotopic (exact) mass is 347 g/mol. The summed E-state index contributed by atoms with van der Waals surface area (Å²) in [5.41, 5.74) is 1.18. The Kier molecular flexibility index (Phi) is 5.69. The highest BCUT2D eigenvalue weighted by Gasteiger charge is 2.36. The number of carbonyl (C=O) groups excluding carboxylic acids is 2. The predicted molar refractivity (Wildman–Crippen MR) is 90.2 cm³/mol. The molecule has 7 nitrogen and oxygen atoms in total. The van der Waals surface area contributed by atoms with Crippen molar-refractivity contribution in [3.63, 3.8) is 0 Å². The van der Waals surface area contributed by atoms with Gasteiger partial charge in [0.05, 0.1) is 45.5 Å². The van der Waals surface area contributed by atoms with Crippen LogP contribution < -0.4 is 9.47 Å². The number of hydrogen-bond acceptors (Lipinski definition) is 7. The summed E-state index contributed by atoms with van der Waals surface area (Å²) in [5, 5.41) is 0. The summed E-state index contributed by atoms with van der Waals surface area (Å²) in [4.78, 5) is 26.3. The van der Waals surface area contributed by atoms with Crippen LogP contribution in [0.3, 0.4) is 0 Å². The number of benzene rings is 1. The fraction of sp³-hybridized carbons (Fsp3) is 0.333. The van der Waals surface area contributed by atoms with E-state index in [2.05, 4.69) is 0 Å². The van der Waals surface area contributed by atoms with Crippen LogP contribution in [0.15, 0.2) is 41.7 Å². The first kappa shape index (κ1) is 18.4. The molecule has 1 aromatic rings. The zero-order valence-corrected chi connectivity index (χ0v) is 14.9. The van der Waals surface area contributed by atoms with E-state index >= 15 is 0 Å². The minimum atomic E-state index is -0.707. The third kappa shape index (κ3) is 3.60. The van der Waals surface area contributed by atoms with Gasteiger partial charge in [-0.2, -0.15) is 0 Å². The van der Waals surface area contributed by atoms with Gasteiger partial charge in [-0.1, -0.05) is 0 Å². The Morgan fingerprint density at radius 1 is 0.920 bits per heavy atom. The van der Waals surface area contributed by atoms with E-state index in [9.17, 15) is 9.59 Å². The summed E-state index contributed by atoms with van der Waals surface area (Å²) >= 11 is 0. The SMILES string of the molecule is COC(=O)C1=CN(C)C=C(C(=O)OC)C1c1cc(OC)ccc1OC. The van der Waals surface area contributed by atoms with Gasteiger partial charge in [0.1, 0.15) is 11.5 Å². The maximum atomic E-state index is 12.3. The van der Waals surface area contributed by atoms with Crippen LogP contribution in [0.2, 0.25) is 0 Å². The summed E-state index contributed by atoms with van der Waals surface area (Å²) < 4.78 is 20.5. The number of hydrogen-bond donors (Lipinski definition) is 0. The molecule has 0 N–H and O–H groups in total. The summed E-state index contributed by atoms with van der Waals surface area (Å²) in [6.45, 7) is 0. The number of nitrogens with zero attached hydrogens (tertiary/aromatic N) is 1. The Balaban J connectivity index is 2.69. The molecular weight excluding hydrogens is 326 g/mol. The van der Waals surface area contributed by atoms with E-state index in [1.807, 2.05) is 0 Å². The third-order valence-electron chi connectivity index (χ3n) is 3.90. The van der Waals surface area contributed by atoms with Crippen LogP contribution in [-0.4, -0.2) is 52.3 Å². The lowest BCUT2D eigenvalue weighted by atomic mass is 9.82. The summed E-state index contributed by atoms with van der Waals surface area (Å²) in [7, 11) is 7.35. The molecule has 0 bridgehead atoms. The largest absolute Gasteiger partial charge is 0.497 e. The molecule has 25 heavy (non-hydrogen) atoms. The normalized spacial score (nSPS) is 14.4. The first-order chi connectivity index (χ1) is 12.0. The van der Waals surface area contributed by atoms with Gasteiger partial charge in [0, 0.05) is 25.0 Å². The second kappa shape index (κ2) is 7.74. The first-order valence-corrected chi connectivity index (χ1v) is 7.50. The second-order valence-corrected chi connectivity index (χ2v) is 5.36. The number of carbonyl (C=O) groups is 2. The maximum Gasteiger partial charge on any atom is 0.336 e. The van der Waals surface area contributed by atoms with Crippen molar-refractivity contribution >= 4 is 11.9 Å². The quantitative estimate of drug-likeness (QED) is 0.753. The first-order valence-electron chi connectivity index (χ1n) is 7.50. The average Bonchev–Trinajstić information content (AvgIpc) is 2.65. The number of esters is 2. The van der Waals surface area contributed by atoms with Crippen LogP contribution in [0.1, 0.15) is 11.5 Å². The highest BCUT2D eigenvalue weighted by Crippen LogP contribution is 2.42. The van der Waals surface area contributed by atoms with Gasteiger partial charge in [-0.3, -0.25) is 0 Å². The molecule has 2 rings (SSSR count). The van der Waals surface area contributed by atoms with Gasteiger partial charge in [0.25, 0.3) is 0 Å². The lowest BCUT2D eigenvalue weighted by Crippen LogP contribution is -2.27. The number of rotatable bonds is 5. The molecule has 0 saturated carbocycles. The molecule has 1 aromatic carbocycles. The molecule has 1 aliphatic heterocycles. The van der Waals surface area contributed by atoms with Crippen molar-refractivity contribution in [3.8, 4) is 11.5 Å². The minimum Gasteiger partial charge on any atom is -0.497 e. The van der Waals surface area contributed by atoms with Crippen molar-refractivity contribution in [2.75, 3.05) is 35.5 Å². The molecule has 0 aromatic heterocycles. The summed E-state index contributed by atoms with van der Waals surface area (Å²) in [6.07, 6.45) is 3.23. The van der Waals surface area contributed by atoms with Gasteiger partial charge in [0.15, 0.2) is 0 Å². The fourth-order valence-corrected chi connectivity index (χ4v) is 2.77. The van der Waals surface area contributed by atoms with E-state index in [1.54, 1.807) is 42.5 Å². The van der Waals surface area contributed by atoms with E-state index in [4.69, 9.17) is 18.9 Å². The Bertz CT molecular complexity index is 703. The van der Waals surface area contributed by atoms with Gasteiger partial charge in [0.2, 0.25) is 0 Å². The topological polar surface area (TPSA) is 74.3 Å². The van der Waals surface area contributed by atoms with E-state index in [1.165, 1.54) is 28.4 Å². The van der Waals surface area contributed by atoms with E-state index in [0.29, 0.717) is 28.2 Å². The van der Waals surface area contributed by atoms with E-state index in [-0.39, 0.29) is 0 Å². The Labute approximate surface area is 146 Å². The molecule has 0 spiro atoms. The summed E-state index contributed by atoms with van der Waals surface area (Å²) in [6, 6.07) is 5.18. The number of methoxy groups -OCH3 is 4. The molecule has 0 fully saturated rings. The molecule has 0 aliphatic carbocycles. The van der Waals surface area contributed by atoms with Gasteiger partial charge in [-0.15, -0.1) is 0 Å². The zero-order valence-electron chi connectivity index (χ0n) is 14.9. The van der Waals surface area contributed by atoms with E-state index in [0.717, 1.165) is 0 Å². The van der Waals surface area contributed by atoms with Gasteiger partial charge in [-0.05, 0) is 18.2 Å². The zero-order chi connectivity index (χ0) is 18.6. The van der Waals surface area contributed by atoms with Crippen LogP contribution in [0.5, 0.6) is 11.5 Å². The van der Waals surface area contributed by atoms with Gasteiger partial charge in [-0.25, -0.2) is 9.59 Å². The van der Waals surface area contributed by atoms with Crippen LogP contribution in [0, 0.1) is 0 Å². The fourth-order valence-electron chi connectivity index (χ4n) is 2.77. The standard InChI is InChI=1S/C18H21NO6/c1-19-9-13(17(20)24-4)16(14(10-19)18(21)25-5)12-8-11(22-2)6-7-15(12)23-3/h6-10,16H,1-5H3. The lowest BCUT2D eigenvalue weighted by Gasteiger charge is -2.29. The van der Waals surface area contributed by atoms with Crippen LogP contribution >= 0.6 is 0 Å². The predicted octanol–water partition coefficient (Wildman–Crippen LogP) is 1.85. The average molecular weight is 347 g/mol. The molecule has 1 heterocycles. The molecular formula is C18H21NO6. The van der Waals surface area contributed by atoms with Crippen molar-refractivity contribution in [1.82, 2.24) is 4.90 Å². The van der Waals surface area contributed by atoms with Gasteiger partial charge < -0.3 is 23.8 Å². The number of ether oxygens (including phenoxy) is 4. The van der Waals surface area contributed by atoms with Crippen molar-refractivity contribution in [1.29, 1.82) is 0 Å². The Morgan fingerprint density at radius 2 is 1.48 bits per heavy atom. The molecule has 0 unspecified atom stereocenters. The van der Waals surface area contributed by atoms with Crippen molar-refractivity contribution in [3.05, 3.63) is 47.3 Å². The van der Waals surface area contributed by atoms with Crippen molar-refractivity contribution in [2.45, 2.75) is 5.92 Å². The smallest absolute Gasteiger partial charge is 0.336 e. The van der Waals surface area contributed by atoms with Crippen molar-refractivity contribution < 1.29 is 28.5 Å². The molecule has 134 valence electrons. The molecule has 0 amide bonds. The van der Waals surface area contributed by atoms with Crippen LogP contribution in [0.4, 0.5) is 0 Å². The minimum absolute atomic E-state index is 0.291. The van der Waals surface area contributed by atoms with Crippen LogP contribution in [-0.2, 0) is 19.1 Å². The lowest BCUT2D eigenvalue weighted by molar-refractivity contribution is -0.137. The molecule has 0 atom stereocenters.